The minimum absolute atomic E-state index is 0.0811. The molecule has 1 aromatic rings. The monoisotopic (exact) mass is 235 g/mol. The van der Waals surface area contributed by atoms with Crippen LogP contribution < -0.4 is 0 Å². The van der Waals surface area contributed by atoms with Gasteiger partial charge in [-0.1, -0.05) is 6.07 Å². The van der Waals surface area contributed by atoms with E-state index in [0.717, 1.165) is 17.8 Å². The molecule has 0 fully saturated rings. The summed E-state index contributed by atoms with van der Waals surface area (Å²) < 4.78 is 42.3. The molecule has 0 aliphatic rings. The highest BCUT2D eigenvalue weighted by Crippen LogP contribution is 2.36. The van der Waals surface area contributed by atoms with E-state index < -0.39 is 11.7 Å². The fraction of sp³-hybridized carbons (Fsp3) is 0.300. The van der Waals surface area contributed by atoms with Crippen LogP contribution in [0.1, 0.15) is 11.1 Å². The Morgan fingerprint density at radius 3 is 2.53 bits per heavy atom. The topological polar surface area (TPSA) is 9.23 Å². The highest BCUT2D eigenvalue weighted by molar-refractivity contribution is 7.98. The van der Waals surface area contributed by atoms with Crippen molar-refractivity contribution in [1.82, 2.24) is 0 Å². The van der Waals surface area contributed by atoms with Crippen LogP contribution in [0.5, 0.6) is 0 Å². The first-order valence-electron chi connectivity index (χ1n) is 4.10. The van der Waals surface area contributed by atoms with Crippen molar-refractivity contribution in [1.29, 1.82) is 0 Å². The molecule has 0 unspecified atom stereocenters. The Balaban J connectivity index is 3.13. The van der Waals surface area contributed by atoms with Gasteiger partial charge in [-0.3, -0.25) is 0 Å². The molecule has 0 aromatic heterocycles. The first-order valence-corrected chi connectivity index (χ1v) is 5.32. The molecule has 0 aliphatic carbocycles. The Morgan fingerprint density at radius 2 is 2.07 bits per heavy atom. The number of halogens is 3. The van der Waals surface area contributed by atoms with Gasteiger partial charge in [0.2, 0.25) is 0 Å². The van der Waals surface area contributed by atoms with E-state index in [0.29, 0.717) is 5.56 Å². The molecule has 0 atom stereocenters. The van der Waals surface area contributed by atoms with Gasteiger partial charge in [-0.05, 0) is 24.0 Å². The van der Waals surface area contributed by atoms with Crippen molar-refractivity contribution in [3.05, 3.63) is 36.4 Å². The quantitative estimate of drug-likeness (QED) is 0.738. The average Bonchev–Trinajstić information content (AvgIpc) is 2.17. The molecule has 0 saturated carbocycles. The van der Waals surface area contributed by atoms with E-state index >= 15 is 0 Å². The lowest BCUT2D eigenvalue weighted by Crippen LogP contribution is -2.07. The third-order valence-corrected chi connectivity index (χ3v) is 2.63. The van der Waals surface area contributed by atoms with Crippen LogP contribution in [0.3, 0.4) is 0 Å². The van der Waals surface area contributed by atoms with E-state index in [1.54, 1.807) is 12.3 Å². The predicted molar refractivity (Wildman–Crippen MR) is 53.4 cm³/mol. The molecule has 0 bridgehead atoms. The van der Waals surface area contributed by atoms with Crippen molar-refractivity contribution in [3.63, 3.8) is 0 Å². The summed E-state index contributed by atoms with van der Waals surface area (Å²) in [7, 11) is 3.13. The molecule has 0 spiro atoms. The van der Waals surface area contributed by atoms with Gasteiger partial charge in [0, 0.05) is 4.90 Å². The maximum atomic E-state index is 12.6. The van der Waals surface area contributed by atoms with Gasteiger partial charge < -0.3 is 4.74 Å². The zero-order valence-corrected chi connectivity index (χ0v) is 8.91. The van der Waals surface area contributed by atoms with Crippen LogP contribution in [0.25, 0.3) is 0 Å². The second-order valence-electron chi connectivity index (χ2n) is 2.88. The first-order chi connectivity index (χ1) is 6.99. The molecular formula is C10H10F3OS. The fourth-order valence-electron chi connectivity index (χ4n) is 1.18. The van der Waals surface area contributed by atoms with Gasteiger partial charge in [-0.15, -0.1) is 11.8 Å². The molecule has 0 heterocycles. The smallest absolute Gasteiger partial charge is 0.374 e. The minimum atomic E-state index is -4.32. The Bertz CT molecular complexity index is 336. The molecule has 1 radical (unpaired) electrons. The average molecular weight is 235 g/mol. The maximum absolute atomic E-state index is 12.6. The van der Waals surface area contributed by atoms with Crippen molar-refractivity contribution < 1.29 is 17.9 Å². The Hall–Kier alpha value is -0.680. The van der Waals surface area contributed by atoms with Crippen LogP contribution in [0.2, 0.25) is 0 Å². The highest BCUT2D eigenvalue weighted by Gasteiger charge is 2.33. The van der Waals surface area contributed by atoms with Gasteiger partial charge in [0.25, 0.3) is 0 Å². The van der Waals surface area contributed by atoms with Gasteiger partial charge >= 0.3 is 6.18 Å². The summed E-state index contributed by atoms with van der Waals surface area (Å²) in [5.41, 5.74) is -0.153. The second-order valence-corrected chi connectivity index (χ2v) is 3.73. The normalized spacial score (nSPS) is 11.8. The van der Waals surface area contributed by atoms with Gasteiger partial charge in [0.15, 0.2) is 0 Å². The number of alkyl halides is 3. The van der Waals surface area contributed by atoms with Crippen LogP contribution in [-0.4, -0.2) is 6.26 Å². The van der Waals surface area contributed by atoms with Crippen LogP contribution in [0, 0.1) is 7.11 Å². The molecule has 5 heteroatoms. The van der Waals surface area contributed by atoms with E-state index in [-0.39, 0.29) is 11.5 Å². The largest absolute Gasteiger partial charge is 0.417 e. The Morgan fingerprint density at radius 1 is 1.40 bits per heavy atom. The molecule has 1 nitrogen and oxygen atoms in total. The van der Waals surface area contributed by atoms with Crippen LogP contribution >= 0.6 is 11.8 Å². The highest BCUT2D eigenvalue weighted by atomic mass is 32.2. The third kappa shape index (κ3) is 3.14. The van der Waals surface area contributed by atoms with Crippen LogP contribution in [-0.2, 0) is 17.5 Å². The summed E-state index contributed by atoms with van der Waals surface area (Å²) in [4.78, 5) is 0.218. The number of ether oxygens (including phenoxy) is 1. The minimum Gasteiger partial charge on any atom is -0.374 e. The zero-order valence-electron chi connectivity index (χ0n) is 8.10. The number of benzene rings is 1. The lowest BCUT2D eigenvalue weighted by atomic mass is 10.1. The maximum Gasteiger partial charge on any atom is 0.417 e. The molecule has 0 N–H and O–H groups in total. The van der Waals surface area contributed by atoms with Crippen molar-refractivity contribution in [2.75, 3.05) is 6.26 Å². The third-order valence-electron chi connectivity index (χ3n) is 1.84. The molecular weight excluding hydrogens is 225 g/mol. The van der Waals surface area contributed by atoms with E-state index in [2.05, 4.69) is 11.8 Å². The van der Waals surface area contributed by atoms with E-state index in [1.165, 1.54) is 6.07 Å². The molecule has 83 valence electrons. The van der Waals surface area contributed by atoms with Gasteiger partial charge in [-0.25, -0.2) is 0 Å². The lowest BCUT2D eigenvalue weighted by molar-refractivity contribution is -0.139. The predicted octanol–water partition coefficient (Wildman–Crippen LogP) is 3.74. The molecule has 15 heavy (non-hydrogen) atoms. The molecule has 0 saturated heterocycles. The lowest BCUT2D eigenvalue weighted by Gasteiger charge is -2.12. The second kappa shape index (κ2) is 4.90. The molecule has 1 rings (SSSR count). The molecule has 0 amide bonds. The molecule has 0 aliphatic heterocycles. The number of thioether (sulfide) groups is 1. The van der Waals surface area contributed by atoms with E-state index in [9.17, 15) is 13.2 Å². The Kier molecular flexibility index (Phi) is 4.04. The van der Waals surface area contributed by atoms with Crippen molar-refractivity contribution in [3.8, 4) is 0 Å². The van der Waals surface area contributed by atoms with Crippen molar-refractivity contribution >= 4 is 11.8 Å². The summed E-state index contributed by atoms with van der Waals surface area (Å²) in [6.07, 6.45) is -2.71. The summed E-state index contributed by atoms with van der Waals surface area (Å²) in [6, 6.07) is 4.14. The standard InChI is InChI=1S/C10H10F3OS/c1-14-6-7-3-4-9(15-2)8(5-7)10(11,12)13/h3-5H,1,6H2,2H3. The van der Waals surface area contributed by atoms with Gasteiger partial charge in [-0.2, -0.15) is 13.2 Å². The summed E-state index contributed by atoms with van der Waals surface area (Å²) >= 11 is 1.07. The first kappa shape index (κ1) is 12.4. The zero-order chi connectivity index (χ0) is 11.5. The van der Waals surface area contributed by atoms with Crippen LogP contribution in [0.15, 0.2) is 23.1 Å². The number of hydrogen-bond donors (Lipinski definition) is 0. The number of rotatable bonds is 3. The van der Waals surface area contributed by atoms with Crippen LogP contribution in [0.4, 0.5) is 13.2 Å². The SMILES string of the molecule is [CH2]OCc1ccc(SC)c(C(F)(F)F)c1. The fourth-order valence-corrected chi connectivity index (χ4v) is 1.78. The van der Waals surface area contributed by atoms with Gasteiger partial charge in [0.05, 0.1) is 19.3 Å². The van der Waals surface area contributed by atoms with Crippen molar-refractivity contribution in [2.24, 2.45) is 0 Å². The Labute approximate surface area is 90.6 Å². The van der Waals surface area contributed by atoms with E-state index in [1.807, 2.05) is 0 Å². The summed E-state index contributed by atoms with van der Waals surface area (Å²) in [5, 5.41) is 0. The van der Waals surface area contributed by atoms with Gasteiger partial charge in [0.1, 0.15) is 0 Å². The summed E-state index contributed by atoms with van der Waals surface area (Å²) in [6.45, 7) is 0.0811. The molecule has 1 aromatic carbocycles. The summed E-state index contributed by atoms with van der Waals surface area (Å²) in [5.74, 6) is 0. The number of hydrogen-bond acceptors (Lipinski definition) is 2. The van der Waals surface area contributed by atoms with E-state index in [4.69, 9.17) is 0 Å². The van der Waals surface area contributed by atoms with Crippen molar-refractivity contribution in [2.45, 2.75) is 17.7 Å².